The lowest BCUT2D eigenvalue weighted by Crippen LogP contribution is -2.50. The minimum absolute atomic E-state index is 0.124. The number of halogens is 3. The molecule has 0 radical (unpaired) electrons. The molecule has 1 saturated carbocycles. The molecule has 2 saturated heterocycles. The van der Waals surface area contributed by atoms with Crippen molar-refractivity contribution >= 4 is 5.91 Å². The van der Waals surface area contributed by atoms with Gasteiger partial charge in [0.05, 0.1) is 22.9 Å². The van der Waals surface area contributed by atoms with Crippen LogP contribution in [0.3, 0.4) is 0 Å². The van der Waals surface area contributed by atoms with Crippen molar-refractivity contribution in [1.29, 1.82) is 0 Å². The minimum Gasteiger partial charge on any atom is -0.496 e. The van der Waals surface area contributed by atoms with Gasteiger partial charge >= 0.3 is 6.18 Å². The molecule has 35 heavy (non-hydrogen) atoms. The van der Waals surface area contributed by atoms with Crippen LogP contribution in [0.2, 0.25) is 0 Å². The van der Waals surface area contributed by atoms with E-state index in [1.165, 1.54) is 25.1 Å². The van der Waals surface area contributed by atoms with Crippen molar-refractivity contribution in [2.45, 2.75) is 56.9 Å². The van der Waals surface area contributed by atoms with Gasteiger partial charge in [-0.25, -0.2) is 0 Å². The van der Waals surface area contributed by atoms with Crippen molar-refractivity contribution in [3.8, 4) is 5.75 Å². The second-order valence-corrected chi connectivity index (χ2v) is 8.81. The van der Waals surface area contributed by atoms with Crippen LogP contribution in [0.4, 0.5) is 13.2 Å². The first-order chi connectivity index (χ1) is 20.9. The highest BCUT2D eigenvalue weighted by Gasteiger charge is 2.44. The molecule has 1 amide bonds. The number of benzene rings is 1. The van der Waals surface area contributed by atoms with Gasteiger partial charge in [-0.2, -0.15) is 18.3 Å². The van der Waals surface area contributed by atoms with Crippen molar-refractivity contribution in [3.05, 3.63) is 46.8 Å². The molecule has 7 nitrogen and oxygen atoms in total. The molecule has 190 valence electrons. The Morgan fingerprint density at radius 1 is 1.29 bits per heavy atom. The number of carbonyl (C=O) groups excluding carboxylic acids is 1. The van der Waals surface area contributed by atoms with E-state index in [1.807, 2.05) is 0 Å². The summed E-state index contributed by atoms with van der Waals surface area (Å²) in [6.07, 6.45) is -3.78. The molecule has 10 heteroatoms. The second kappa shape index (κ2) is 9.46. The monoisotopic (exact) mass is 502 g/mol. The van der Waals surface area contributed by atoms with Crippen molar-refractivity contribution in [2.24, 2.45) is 0 Å². The Hall–Kier alpha value is -2.59. The molecule has 0 bridgehead atoms. The van der Waals surface area contributed by atoms with E-state index in [-0.39, 0.29) is 41.5 Å². The maximum absolute atomic E-state index is 14.0. The van der Waals surface area contributed by atoms with E-state index in [0.717, 1.165) is 11.0 Å². The third-order valence-electron chi connectivity index (χ3n) is 6.62. The lowest BCUT2D eigenvalue weighted by Gasteiger charge is -2.38. The third-order valence-corrected chi connectivity index (χ3v) is 6.62. The molecule has 2 atom stereocenters. The number of alkyl halides is 3. The molecule has 2 aliphatic heterocycles. The molecule has 1 aromatic heterocycles. The molecule has 0 unspecified atom stereocenters. The molecule has 1 N–H and O–H groups in total. The molecule has 1 aliphatic carbocycles. The molecule has 0 spiro atoms. The van der Waals surface area contributed by atoms with Gasteiger partial charge in [-0.1, -0.05) is 12.1 Å². The zero-order valence-electron chi connectivity index (χ0n) is 29.8. The highest BCUT2D eigenvalue weighted by molar-refractivity contribution is 5.77. The Bertz CT molecular complexity index is 1490. The molecular formula is C25H32F3N5O2. The Morgan fingerprint density at radius 2 is 2.06 bits per heavy atom. The molecule has 1 aromatic carbocycles. The highest BCUT2D eigenvalue weighted by atomic mass is 19.4. The van der Waals surface area contributed by atoms with E-state index in [4.69, 9.17) is 19.8 Å². The van der Waals surface area contributed by atoms with E-state index in [1.54, 1.807) is 5.32 Å². The van der Waals surface area contributed by atoms with Crippen LogP contribution >= 0.6 is 0 Å². The summed E-state index contributed by atoms with van der Waals surface area (Å²) in [6.45, 7) is -12.5. The summed E-state index contributed by atoms with van der Waals surface area (Å²) in [7, 11) is -2.90. The number of hydrogen-bond acceptors (Lipinski definition) is 5. The molecule has 3 heterocycles. The van der Waals surface area contributed by atoms with Crippen LogP contribution in [0.1, 0.15) is 68.8 Å². The standard InChI is InChI=1S/C25H32F3N5O2/c1-16-18(4-3-5-21(16)35-2)24-20(31-12-9-29-10-13-31)8-11-32(24)23(34)15-33-22(25(26,27)28)14-19(30-33)17-6-7-17/h3-5,14,17,20,24,29H,6-13,15H2,1-2H3/t20-,24-/m1/s1/i2D3,9D2,10D2,12D2,13D2. The van der Waals surface area contributed by atoms with Crippen LogP contribution in [-0.2, 0) is 17.5 Å². The summed E-state index contributed by atoms with van der Waals surface area (Å²) in [5, 5.41) is 5.81. The number of hydrogen-bond donors (Lipinski definition) is 1. The summed E-state index contributed by atoms with van der Waals surface area (Å²) < 4.78 is 138. The van der Waals surface area contributed by atoms with Gasteiger partial charge in [0.2, 0.25) is 5.91 Å². The SMILES string of the molecule is [2H]C([2H])([2H])Oc1cccc([C@@H]2[C@H](N3C([2H])([2H])C([2H])([2H])NC([2H])([2H])C3([2H])[2H])CCN2C(=O)Cn2nc(C3CC3)cc2C(F)(F)F)c1C. The van der Waals surface area contributed by atoms with Gasteiger partial charge < -0.3 is 15.0 Å². The third kappa shape index (κ3) is 4.78. The zero-order valence-corrected chi connectivity index (χ0v) is 18.8. The normalized spacial score (nSPS) is 34.4. The van der Waals surface area contributed by atoms with Gasteiger partial charge in [0.25, 0.3) is 0 Å². The number of nitrogens with one attached hydrogen (secondary N) is 1. The first-order valence-corrected chi connectivity index (χ1v) is 11.2. The summed E-state index contributed by atoms with van der Waals surface area (Å²) in [4.78, 5) is 15.4. The van der Waals surface area contributed by atoms with E-state index < -0.39 is 69.4 Å². The number of nitrogens with zero attached hydrogens (tertiary/aromatic N) is 4. The number of aromatic nitrogens is 2. The van der Waals surface area contributed by atoms with Gasteiger partial charge in [0.15, 0.2) is 0 Å². The predicted molar refractivity (Wildman–Crippen MR) is 124 cm³/mol. The number of likely N-dealkylation sites (tertiary alicyclic amines) is 1. The Kier molecular flexibility index (Phi) is 3.85. The number of amides is 1. The molecule has 5 rings (SSSR count). The minimum atomic E-state index is -4.84. The Balaban J connectivity index is 1.62. The van der Waals surface area contributed by atoms with E-state index in [0.29, 0.717) is 22.4 Å². The molecular weight excluding hydrogens is 459 g/mol. The summed E-state index contributed by atoms with van der Waals surface area (Å²) in [6, 6.07) is 2.13. The largest absolute Gasteiger partial charge is 0.496 e. The van der Waals surface area contributed by atoms with Gasteiger partial charge in [-0.3, -0.25) is 14.4 Å². The van der Waals surface area contributed by atoms with Crippen LogP contribution < -0.4 is 10.1 Å². The topological polar surface area (TPSA) is 62.6 Å². The maximum atomic E-state index is 14.0. The van der Waals surface area contributed by atoms with Crippen LogP contribution in [0.25, 0.3) is 0 Å². The van der Waals surface area contributed by atoms with Crippen LogP contribution in [0.5, 0.6) is 5.75 Å². The number of carbonyl (C=O) groups is 1. The number of ether oxygens (including phenoxy) is 1. The number of rotatable bonds is 6. The second-order valence-electron chi connectivity index (χ2n) is 8.81. The smallest absolute Gasteiger partial charge is 0.433 e. The predicted octanol–water partition coefficient (Wildman–Crippen LogP) is 3.34. The van der Waals surface area contributed by atoms with Crippen LogP contribution in [0.15, 0.2) is 24.3 Å². The zero-order chi connectivity index (χ0) is 34.4. The van der Waals surface area contributed by atoms with Crippen molar-refractivity contribution < 1.29 is 37.8 Å². The first kappa shape index (κ1) is 14.2. The highest BCUT2D eigenvalue weighted by Crippen LogP contribution is 2.42. The van der Waals surface area contributed by atoms with Gasteiger partial charge in [0, 0.05) is 55.5 Å². The lowest BCUT2D eigenvalue weighted by atomic mass is 9.94. The quantitative estimate of drug-likeness (QED) is 0.657. The molecule has 3 aliphatic rings. The summed E-state index contributed by atoms with van der Waals surface area (Å²) in [5.74, 6) is -1.23. The number of piperazine rings is 1. The average molecular weight is 503 g/mol. The van der Waals surface area contributed by atoms with Gasteiger partial charge in [-0.15, -0.1) is 0 Å². The van der Waals surface area contributed by atoms with Crippen molar-refractivity contribution in [1.82, 2.24) is 24.9 Å². The lowest BCUT2D eigenvalue weighted by molar-refractivity contribution is -0.146. The number of methoxy groups -OCH3 is 1. The maximum Gasteiger partial charge on any atom is 0.433 e. The van der Waals surface area contributed by atoms with Gasteiger partial charge in [0.1, 0.15) is 18.0 Å². The fourth-order valence-corrected chi connectivity index (χ4v) is 4.75. The summed E-state index contributed by atoms with van der Waals surface area (Å²) in [5.41, 5.74) is -0.691. The molecule has 2 aromatic rings. The summed E-state index contributed by atoms with van der Waals surface area (Å²) >= 11 is 0. The van der Waals surface area contributed by atoms with E-state index in [9.17, 15) is 18.0 Å². The molecule has 3 fully saturated rings. The Labute approximate surface area is 218 Å². The fourth-order valence-electron chi connectivity index (χ4n) is 4.75. The van der Waals surface area contributed by atoms with E-state index in [2.05, 4.69) is 5.10 Å². The van der Waals surface area contributed by atoms with Crippen LogP contribution in [-0.4, -0.2) is 71.1 Å². The average Bonchev–Trinajstić information content (AvgIpc) is 3.50. The van der Waals surface area contributed by atoms with Gasteiger partial charge in [-0.05, 0) is 49.4 Å². The fraction of sp³-hybridized carbons (Fsp3) is 0.600. The van der Waals surface area contributed by atoms with E-state index >= 15 is 0 Å². The Morgan fingerprint density at radius 3 is 2.74 bits per heavy atom. The van der Waals surface area contributed by atoms with Crippen LogP contribution in [0, 0.1) is 6.92 Å². The van der Waals surface area contributed by atoms with Crippen molar-refractivity contribution in [2.75, 3.05) is 39.6 Å². The first-order valence-electron chi connectivity index (χ1n) is 16.7. The van der Waals surface area contributed by atoms with Crippen molar-refractivity contribution in [3.63, 3.8) is 0 Å².